The average molecular weight is 284 g/mol. The molecule has 0 aromatic heterocycles. The highest BCUT2D eigenvalue weighted by Gasteiger charge is 2.00. The molecule has 3 nitrogen and oxygen atoms in total. The Morgan fingerprint density at radius 3 is 2.50 bits per heavy atom. The third-order valence-electron chi connectivity index (χ3n) is 3.44. The summed E-state index contributed by atoms with van der Waals surface area (Å²) in [5.74, 6) is -0.126. The van der Waals surface area contributed by atoms with E-state index in [0.29, 0.717) is 6.42 Å². The highest BCUT2D eigenvalue weighted by Crippen LogP contribution is 2.09. The number of methoxy groups -OCH3 is 1. The van der Waals surface area contributed by atoms with Gasteiger partial charge in [0.05, 0.1) is 13.2 Å². The summed E-state index contributed by atoms with van der Waals surface area (Å²) in [6.45, 7) is 2.21. The monoisotopic (exact) mass is 284 g/mol. The van der Waals surface area contributed by atoms with Crippen LogP contribution in [-0.4, -0.2) is 24.3 Å². The SMILES string of the molecule is CCCCCCC[C@H](O)/C=C/CCCCCC(=O)OC. The van der Waals surface area contributed by atoms with E-state index >= 15 is 0 Å². The van der Waals surface area contributed by atoms with Crippen LogP contribution in [0, 0.1) is 0 Å². The molecular weight excluding hydrogens is 252 g/mol. The molecule has 0 spiro atoms. The van der Waals surface area contributed by atoms with Crippen LogP contribution >= 0.6 is 0 Å². The number of hydrogen-bond acceptors (Lipinski definition) is 3. The fraction of sp³-hybridized carbons (Fsp3) is 0.824. The molecule has 0 amide bonds. The summed E-state index contributed by atoms with van der Waals surface area (Å²) in [4.78, 5) is 10.9. The van der Waals surface area contributed by atoms with E-state index in [2.05, 4.69) is 17.7 Å². The summed E-state index contributed by atoms with van der Waals surface area (Å²) in [7, 11) is 1.43. The molecule has 0 fully saturated rings. The topological polar surface area (TPSA) is 46.5 Å². The first kappa shape index (κ1) is 19.2. The smallest absolute Gasteiger partial charge is 0.305 e. The summed E-state index contributed by atoms with van der Waals surface area (Å²) < 4.78 is 4.59. The van der Waals surface area contributed by atoms with E-state index in [9.17, 15) is 9.90 Å². The van der Waals surface area contributed by atoms with Crippen molar-refractivity contribution in [1.29, 1.82) is 0 Å². The fourth-order valence-electron chi connectivity index (χ4n) is 2.12. The molecule has 0 aromatic rings. The quantitative estimate of drug-likeness (QED) is 0.310. The fourth-order valence-corrected chi connectivity index (χ4v) is 2.12. The Balaban J connectivity index is 3.34. The van der Waals surface area contributed by atoms with Gasteiger partial charge < -0.3 is 9.84 Å². The zero-order valence-electron chi connectivity index (χ0n) is 13.3. The van der Waals surface area contributed by atoms with Crippen LogP contribution in [0.5, 0.6) is 0 Å². The summed E-state index contributed by atoms with van der Waals surface area (Å²) in [5, 5.41) is 9.77. The Hall–Kier alpha value is -0.830. The van der Waals surface area contributed by atoms with Crippen molar-refractivity contribution in [2.24, 2.45) is 0 Å². The van der Waals surface area contributed by atoms with Crippen molar-refractivity contribution in [2.45, 2.75) is 83.7 Å². The van der Waals surface area contributed by atoms with Gasteiger partial charge in [-0.15, -0.1) is 0 Å². The number of ether oxygens (including phenoxy) is 1. The normalized spacial score (nSPS) is 12.8. The van der Waals surface area contributed by atoms with Gasteiger partial charge in [-0.2, -0.15) is 0 Å². The molecule has 0 aliphatic carbocycles. The number of carbonyl (C=O) groups excluding carboxylic acids is 1. The molecule has 0 aliphatic heterocycles. The molecule has 20 heavy (non-hydrogen) atoms. The second-order valence-electron chi connectivity index (χ2n) is 5.37. The lowest BCUT2D eigenvalue weighted by Gasteiger charge is -2.05. The van der Waals surface area contributed by atoms with E-state index in [1.165, 1.54) is 32.8 Å². The number of carbonyl (C=O) groups is 1. The lowest BCUT2D eigenvalue weighted by molar-refractivity contribution is -0.140. The first-order chi connectivity index (χ1) is 9.70. The Morgan fingerprint density at radius 1 is 1.10 bits per heavy atom. The zero-order chi connectivity index (χ0) is 15.1. The molecular formula is C17H32O3. The van der Waals surface area contributed by atoms with E-state index in [1.807, 2.05) is 6.08 Å². The molecule has 0 saturated carbocycles. The third-order valence-corrected chi connectivity index (χ3v) is 3.44. The van der Waals surface area contributed by atoms with Gasteiger partial charge in [-0.3, -0.25) is 4.79 Å². The molecule has 0 rings (SSSR count). The van der Waals surface area contributed by atoms with Gasteiger partial charge in [-0.05, 0) is 25.7 Å². The van der Waals surface area contributed by atoms with Gasteiger partial charge in [0, 0.05) is 6.42 Å². The molecule has 0 aliphatic rings. The highest BCUT2D eigenvalue weighted by atomic mass is 16.5. The van der Waals surface area contributed by atoms with Gasteiger partial charge in [0.25, 0.3) is 0 Å². The first-order valence-corrected chi connectivity index (χ1v) is 8.12. The van der Waals surface area contributed by atoms with Crippen molar-refractivity contribution in [3.8, 4) is 0 Å². The minimum atomic E-state index is -0.285. The first-order valence-electron chi connectivity index (χ1n) is 8.12. The summed E-state index contributed by atoms with van der Waals surface area (Å²) in [6, 6.07) is 0. The van der Waals surface area contributed by atoms with E-state index < -0.39 is 0 Å². The van der Waals surface area contributed by atoms with Gasteiger partial charge in [0.15, 0.2) is 0 Å². The average Bonchev–Trinajstić information content (AvgIpc) is 2.45. The Labute approximate surface area is 124 Å². The maximum atomic E-state index is 10.9. The number of unbranched alkanes of at least 4 members (excludes halogenated alkanes) is 7. The predicted molar refractivity (Wildman–Crippen MR) is 83.6 cm³/mol. The molecule has 0 aromatic carbocycles. The number of hydrogen-bond donors (Lipinski definition) is 1. The minimum absolute atomic E-state index is 0.126. The molecule has 1 atom stereocenters. The summed E-state index contributed by atoms with van der Waals surface area (Å²) in [5.41, 5.74) is 0. The van der Waals surface area contributed by atoms with Crippen LogP contribution in [-0.2, 0) is 9.53 Å². The van der Waals surface area contributed by atoms with Crippen LogP contribution in [0.2, 0.25) is 0 Å². The van der Waals surface area contributed by atoms with Crippen molar-refractivity contribution in [1.82, 2.24) is 0 Å². The van der Waals surface area contributed by atoms with Crippen LogP contribution in [0.25, 0.3) is 0 Å². The van der Waals surface area contributed by atoms with E-state index in [4.69, 9.17) is 0 Å². The van der Waals surface area contributed by atoms with Crippen LogP contribution in [0.15, 0.2) is 12.2 Å². The van der Waals surface area contributed by atoms with E-state index in [1.54, 1.807) is 0 Å². The minimum Gasteiger partial charge on any atom is -0.469 e. The molecule has 0 radical (unpaired) electrons. The molecule has 3 heteroatoms. The number of rotatable bonds is 13. The number of allylic oxidation sites excluding steroid dienone is 1. The predicted octanol–water partition coefficient (Wildman–Crippen LogP) is 4.39. The second-order valence-corrected chi connectivity index (χ2v) is 5.37. The van der Waals surface area contributed by atoms with Crippen molar-refractivity contribution in [2.75, 3.05) is 7.11 Å². The Kier molecular flexibility index (Phi) is 14.0. The molecule has 0 unspecified atom stereocenters. The Morgan fingerprint density at radius 2 is 1.80 bits per heavy atom. The summed E-state index contributed by atoms with van der Waals surface area (Å²) >= 11 is 0. The molecule has 0 heterocycles. The van der Waals surface area contributed by atoms with E-state index in [-0.39, 0.29) is 12.1 Å². The van der Waals surface area contributed by atoms with Crippen molar-refractivity contribution in [3.05, 3.63) is 12.2 Å². The van der Waals surface area contributed by atoms with Crippen molar-refractivity contribution in [3.63, 3.8) is 0 Å². The maximum Gasteiger partial charge on any atom is 0.305 e. The highest BCUT2D eigenvalue weighted by molar-refractivity contribution is 5.68. The molecule has 0 saturated heterocycles. The largest absolute Gasteiger partial charge is 0.469 e. The Bertz CT molecular complexity index is 249. The lowest BCUT2D eigenvalue weighted by Crippen LogP contribution is -2.01. The standard InChI is InChI=1S/C17H32O3/c1-3-4-5-7-10-13-16(18)14-11-8-6-9-12-15-17(19)20-2/h11,14,16,18H,3-10,12-13,15H2,1-2H3/b14-11+/t16-/m0/s1. The summed E-state index contributed by atoms with van der Waals surface area (Å²) in [6.07, 6.45) is 15.3. The number of esters is 1. The van der Waals surface area contributed by atoms with Gasteiger partial charge in [0.1, 0.15) is 0 Å². The van der Waals surface area contributed by atoms with Crippen LogP contribution in [0.1, 0.15) is 77.6 Å². The van der Waals surface area contributed by atoms with Crippen LogP contribution < -0.4 is 0 Å². The van der Waals surface area contributed by atoms with Crippen LogP contribution in [0.4, 0.5) is 0 Å². The van der Waals surface area contributed by atoms with Crippen LogP contribution in [0.3, 0.4) is 0 Å². The van der Waals surface area contributed by atoms with Gasteiger partial charge in [-0.25, -0.2) is 0 Å². The second kappa shape index (κ2) is 14.6. The molecule has 118 valence electrons. The lowest BCUT2D eigenvalue weighted by atomic mass is 10.1. The molecule has 0 bridgehead atoms. The van der Waals surface area contributed by atoms with Crippen molar-refractivity contribution >= 4 is 5.97 Å². The maximum absolute atomic E-state index is 10.9. The number of aliphatic hydroxyl groups is 1. The third kappa shape index (κ3) is 13.6. The molecule has 1 N–H and O–H groups in total. The van der Waals surface area contributed by atoms with E-state index in [0.717, 1.165) is 38.5 Å². The number of aliphatic hydroxyl groups excluding tert-OH is 1. The van der Waals surface area contributed by atoms with Gasteiger partial charge >= 0.3 is 5.97 Å². The van der Waals surface area contributed by atoms with Gasteiger partial charge in [-0.1, -0.05) is 57.6 Å². The van der Waals surface area contributed by atoms with Crippen molar-refractivity contribution < 1.29 is 14.6 Å². The van der Waals surface area contributed by atoms with Gasteiger partial charge in [0.2, 0.25) is 0 Å². The zero-order valence-corrected chi connectivity index (χ0v) is 13.3.